The highest BCUT2D eigenvalue weighted by Crippen LogP contribution is 2.47. The smallest absolute Gasteiger partial charge is 0.424 e. The summed E-state index contributed by atoms with van der Waals surface area (Å²) in [5, 5.41) is -2.00. The molecule has 2 atom stereocenters. The van der Waals surface area contributed by atoms with Gasteiger partial charge in [0.2, 0.25) is 0 Å². The van der Waals surface area contributed by atoms with E-state index in [0.29, 0.717) is 12.8 Å². The zero-order valence-corrected chi connectivity index (χ0v) is 34.0. The molecule has 1 aromatic carbocycles. The molecule has 0 N–H and O–H groups in total. The molecule has 13 nitrogen and oxygen atoms in total. The van der Waals surface area contributed by atoms with Crippen LogP contribution in [0.4, 0.5) is 61.0 Å². The maximum Gasteiger partial charge on any atom is 0.424 e. The number of carbonyl (C=O) groups excluding carboxylic acids is 3. The predicted octanol–water partition coefficient (Wildman–Crippen LogP) is 9.85. The zero-order chi connectivity index (χ0) is 44.4. The topological polar surface area (TPSA) is 137 Å². The Morgan fingerprint density at radius 3 is 1.81 bits per heavy atom. The number of benzene rings is 1. The van der Waals surface area contributed by atoms with E-state index in [0.717, 1.165) is 6.20 Å². The van der Waals surface area contributed by atoms with Crippen LogP contribution in [0.25, 0.3) is 22.2 Å². The molecule has 5 rings (SSSR count). The van der Waals surface area contributed by atoms with Crippen molar-refractivity contribution in [2.24, 2.45) is 0 Å². The molecule has 2 saturated heterocycles. The summed E-state index contributed by atoms with van der Waals surface area (Å²) in [5.74, 6) is -3.85. The number of ether oxygens (including phenoxy) is 4. The molecule has 2 aliphatic heterocycles. The summed E-state index contributed by atoms with van der Waals surface area (Å²) in [6.45, 7) is 11.4. The van der Waals surface area contributed by atoms with Crippen molar-refractivity contribution in [1.29, 1.82) is 0 Å². The molecular weight excluding hydrogens is 828 g/mol. The average molecular weight is 869 g/mol. The number of carbonyl (C=O) groups is 3. The number of hydrogen-bond acceptors (Lipinski definition) is 11. The molecule has 22 heteroatoms. The van der Waals surface area contributed by atoms with Crippen molar-refractivity contribution in [3.05, 3.63) is 34.5 Å². The number of piperazine rings is 1. The lowest BCUT2D eigenvalue weighted by molar-refractivity contribution is -0.154. The number of imide groups is 1. The molecule has 2 bridgehead atoms. The van der Waals surface area contributed by atoms with Crippen molar-refractivity contribution in [3.63, 3.8) is 0 Å². The van der Waals surface area contributed by atoms with E-state index in [-0.39, 0.29) is 35.3 Å². The Morgan fingerprint density at radius 1 is 0.814 bits per heavy atom. The monoisotopic (exact) mass is 868 g/mol. The Morgan fingerprint density at radius 2 is 1.34 bits per heavy atom. The Labute approximate surface area is 337 Å². The van der Waals surface area contributed by atoms with Crippen LogP contribution in [0.3, 0.4) is 0 Å². The lowest BCUT2D eigenvalue weighted by Gasteiger charge is -2.42. The largest absolute Gasteiger partial charge is 0.454 e. The molecule has 2 aliphatic rings. The van der Waals surface area contributed by atoms with E-state index >= 15 is 8.78 Å². The van der Waals surface area contributed by atoms with Crippen molar-refractivity contribution in [2.75, 3.05) is 29.5 Å². The van der Waals surface area contributed by atoms with Crippen LogP contribution in [0.15, 0.2) is 12.3 Å². The van der Waals surface area contributed by atoms with E-state index in [1.165, 1.54) is 51.3 Å². The number of nitrogens with zero attached hydrogens (tertiary/aromatic N) is 6. The fourth-order valence-corrected chi connectivity index (χ4v) is 6.78. The summed E-state index contributed by atoms with van der Waals surface area (Å²) in [6, 6.07) is -1.71. The van der Waals surface area contributed by atoms with Crippen LogP contribution in [0.5, 0.6) is 6.01 Å². The molecule has 3 amide bonds. The number of alkyl halides is 6. The second-order valence-corrected chi connectivity index (χ2v) is 17.2. The number of halogens is 9. The molecule has 2 unspecified atom stereocenters. The maximum atomic E-state index is 16.9. The number of amides is 3. The van der Waals surface area contributed by atoms with Gasteiger partial charge in [-0.05, 0) is 81.2 Å². The lowest BCUT2D eigenvalue weighted by Crippen LogP contribution is -2.57. The molecule has 0 spiro atoms. The van der Waals surface area contributed by atoms with Gasteiger partial charge in [-0.3, -0.25) is 9.88 Å². The highest BCUT2D eigenvalue weighted by Gasteiger charge is 2.46. The quantitative estimate of drug-likeness (QED) is 0.179. The third-order valence-corrected chi connectivity index (χ3v) is 8.87. The summed E-state index contributed by atoms with van der Waals surface area (Å²) in [7, 11) is 0. The normalized spacial score (nSPS) is 17.6. The summed E-state index contributed by atoms with van der Waals surface area (Å²) in [5.41, 5.74) is -10.2. The highest BCUT2D eigenvalue weighted by molar-refractivity contribution is 6.32. The van der Waals surface area contributed by atoms with Gasteiger partial charge in [-0.15, -0.1) is 0 Å². The standard InChI is InChI=1S/C37H41ClF8N6O7/c1-33(2,3)57-30(53)51-17-10-11-18(51)15-50(14-17)28-20-13-47-26(25(40)27(20)48-29(49-28)56-16-36(41,42)43)19-12-21(24(39)23(38)22(19)37(44,45)46)52(31(54)58-34(4,5)6)32(55)59-35(7,8)9/h12-13,17-18H,10-11,14-16H2,1-9H3. The molecule has 2 fully saturated rings. The van der Waals surface area contributed by atoms with Crippen molar-refractivity contribution < 1.29 is 68.5 Å². The molecule has 0 radical (unpaired) electrons. The maximum absolute atomic E-state index is 16.9. The molecule has 4 heterocycles. The number of pyridine rings is 1. The number of fused-ring (bicyclic) bond motifs is 3. The first kappa shape index (κ1) is 45.1. The van der Waals surface area contributed by atoms with E-state index in [4.69, 9.17) is 30.5 Å². The van der Waals surface area contributed by atoms with E-state index in [1.54, 1.807) is 20.8 Å². The van der Waals surface area contributed by atoms with Gasteiger partial charge in [0.1, 0.15) is 33.8 Å². The van der Waals surface area contributed by atoms with Crippen LogP contribution < -0.4 is 14.5 Å². The highest BCUT2D eigenvalue weighted by atomic mass is 35.5. The Bertz CT molecular complexity index is 2110. The van der Waals surface area contributed by atoms with E-state index in [2.05, 4.69) is 15.0 Å². The van der Waals surface area contributed by atoms with Gasteiger partial charge in [0, 0.05) is 24.8 Å². The second kappa shape index (κ2) is 15.6. The first-order valence-electron chi connectivity index (χ1n) is 18.0. The number of hydrogen-bond donors (Lipinski definition) is 0. The van der Waals surface area contributed by atoms with E-state index in [1.807, 2.05) is 0 Å². The van der Waals surface area contributed by atoms with Crippen LogP contribution >= 0.6 is 11.6 Å². The van der Waals surface area contributed by atoms with Gasteiger partial charge in [0.05, 0.1) is 33.7 Å². The molecule has 324 valence electrons. The van der Waals surface area contributed by atoms with Gasteiger partial charge >= 0.3 is 36.6 Å². The van der Waals surface area contributed by atoms with Crippen LogP contribution in [0.1, 0.15) is 80.7 Å². The Hall–Kier alpha value is -4.95. The second-order valence-electron chi connectivity index (χ2n) is 16.8. The number of aromatic nitrogens is 3. The van der Waals surface area contributed by atoms with Crippen molar-refractivity contribution in [3.8, 4) is 17.3 Å². The number of anilines is 2. The minimum absolute atomic E-state index is 0.0181. The summed E-state index contributed by atoms with van der Waals surface area (Å²) in [6.07, 6.45) is -12.4. The first-order chi connectivity index (χ1) is 26.8. The first-order valence-corrected chi connectivity index (χ1v) is 18.4. The number of rotatable bonds is 5. The van der Waals surface area contributed by atoms with Crippen LogP contribution in [0, 0.1) is 11.6 Å². The van der Waals surface area contributed by atoms with Crippen molar-refractivity contribution >= 4 is 52.3 Å². The summed E-state index contributed by atoms with van der Waals surface area (Å²) < 4.78 is 138. The average Bonchev–Trinajstić information content (AvgIpc) is 3.31. The minimum atomic E-state index is -5.54. The molecule has 3 aromatic rings. The van der Waals surface area contributed by atoms with E-state index in [9.17, 15) is 40.7 Å². The van der Waals surface area contributed by atoms with Crippen LogP contribution in [-0.4, -0.2) is 92.9 Å². The van der Waals surface area contributed by atoms with Gasteiger partial charge in [-0.25, -0.2) is 23.2 Å². The van der Waals surface area contributed by atoms with Gasteiger partial charge < -0.3 is 23.8 Å². The molecular formula is C37H41ClF8N6O7. The molecule has 2 aromatic heterocycles. The fourth-order valence-electron chi connectivity index (χ4n) is 6.48. The Kier molecular flexibility index (Phi) is 11.9. The SMILES string of the molecule is CC(C)(C)OC(=O)N(C(=O)OC(C)(C)C)c1cc(-c2ncc3c(N4CC5CCC(C4)N5C(=O)OC(C)(C)C)nc(OCC(F)(F)F)nc3c2F)c(C(F)(F)F)c(Cl)c1F. The third-order valence-electron chi connectivity index (χ3n) is 8.51. The van der Waals surface area contributed by atoms with Crippen LogP contribution in [-0.2, 0) is 20.4 Å². The molecule has 0 saturated carbocycles. The molecule has 59 heavy (non-hydrogen) atoms. The van der Waals surface area contributed by atoms with Crippen molar-refractivity contribution in [1.82, 2.24) is 19.9 Å². The summed E-state index contributed by atoms with van der Waals surface area (Å²) >= 11 is 5.99. The lowest BCUT2D eigenvalue weighted by atomic mass is 10.00. The fraction of sp³-hybridized carbons (Fsp3) is 0.568. The zero-order valence-electron chi connectivity index (χ0n) is 33.3. The Balaban J connectivity index is 1.72. The summed E-state index contributed by atoms with van der Waals surface area (Å²) in [4.78, 5) is 54.7. The van der Waals surface area contributed by atoms with Gasteiger partial charge in [-0.1, -0.05) is 11.6 Å². The van der Waals surface area contributed by atoms with Crippen LogP contribution in [0.2, 0.25) is 5.02 Å². The predicted molar refractivity (Wildman–Crippen MR) is 196 cm³/mol. The van der Waals surface area contributed by atoms with Gasteiger partial charge in [-0.2, -0.15) is 41.2 Å². The van der Waals surface area contributed by atoms with Crippen molar-refractivity contribution in [2.45, 2.75) is 116 Å². The molecule has 0 aliphatic carbocycles. The van der Waals surface area contributed by atoms with E-state index < -0.39 is 117 Å². The van der Waals surface area contributed by atoms with Gasteiger partial charge in [0.25, 0.3) is 0 Å². The minimum Gasteiger partial charge on any atom is -0.454 e. The van der Waals surface area contributed by atoms with Gasteiger partial charge in [0.15, 0.2) is 18.2 Å². The third kappa shape index (κ3) is 10.3.